The topological polar surface area (TPSA) is 49.7 Å². The van der Waals surface area contributed by atoms with Crippen LogP contribution in [0.4, 0.5) is 0 Å². The van der Waals surface area contributed by atoms with Crippen LogP contribution in [0.1, 0.15) is 25.3 Å². The SMILES string of the molecule is CC(C)c1ccc(OC(O)CO)cc1. The van der Waals surface area contributed by atoms with Gasteiger partial charge in [-0.2, -0.15) is 0 Å². The Morgan fingerprint density at radius 2 is 1.79 bits per heavy atom. The van der Waals surface area contributed by atoms with Crippen molar-refractivity contribution in [3.63, 3.8) is 0 Å². The van der Waals surface area contributed by atoms with Crippen LogP contribution in [0.15, 0.2) is 24.3 Å². The Kier molecular flexibility index (Phi) is 3.92. The number of ether oxygens (including phenoxy) is 1. The van der Waals surface area contributed by atoms with E-state index in [1.165, 1.54) is 5.56 Å². The summed E-state index contributed by atoms with van der Waals surface area (Å²) in [5.41, 5.74) is 1.22. The summed E-state index contributed by atoms with van der Waals surface area (Å²) < 4.78 is 5.00. The van der Waals surface area contributed by atoms with Crippen LogP contribution in [0.5, 0.6) is 5.75 Å². The molecule has 0 heterocycles. The normalized spacial score (nSPS) is 12.9. The fourth-order valence-corrected chi connectivity index (χ4v) is 1.13. The molecule has 0 radical (unpaired) electrons. The second-order valence-corrected chi connectivity index (χ2v) is 3.48. The maximum absolute atomic E-state index is 9.02. The van der Waals surface area contributed by atoms with Crippen molar-refractivity contribution in [1.82, 2.24) is 0 Å². The molecule has 0 aromatic heterocycles. The van der Waals surface area contributed by atoms with Crippen molar-refractivity contribution >= 4 is 0 Å². The van der Waals surface area contributed by atoms with Crippen molar-refractivity contribution < 1.29 is 14.9 Å². The summed E-state index contributed by atoms with van der Waals surface area (Å²) in [6, 6.07) is 7.47. The molecule has 14 heavy (non-hydrogen) atoms. The molecule has 3 nitrogen and oxygen atoms in total. The fourth-order valence-electron chi connectivity index (χ4n) is 1.13. The molecule has 0 aliphatic heterocycles. The quantitative estimate of drug-likeness (QED) is 0.717. The standard InChI is InChI=1S/C11H16O3/c1-8(2)9-3-5-10(6-4-9)14-11(13)7-12/h3-6,8,11-13H,7H2,1-2H3. The maximum Gasteiger partial charge on any atom is 0.220 e. The highest BCUT2D eigenvalue weighted by Crippen LogP contribution is 2.18. The molecule has 1 atom stereocenters. The zero-order valence-corrected chi connectivity index (χ0v) is 8.47. The molecule has 0 fully saturated rings. The summed E-state index contributed by atoms with van der Waals surface area (Å²) in [6.45, 7) is 3.82. The first-order valence-electron chi connectivity index (χ1n) is 4.69. The molecule has 2 N–H and O–H groups in total. The lowest BCUT2D eigenvalue weighted by Crippen LogP contribution is -2.19. The highest BCUT2D eigenvalue weighted by atomic mass is 16.6. The minimum Gasteiger partial charge on any atom is -0.463 e. The first-order chi connectivity index (χ1) is 6.63. The van der Waals surface area contributed by atoms with Crippen LogP contribution in [-0.2, 0) is 0 Å². The molecule has 0 aliphatic rings. The Bertz CT molecular complexity index is 266. The number of benzene rings is 1. The van der Waals surface area contributed by atoms with Gasteiger partial charge >= 0.3 is 0 Å². The predicted octanol–water partition coefficient (Wildman–Crippen LogP) is 1.50. The summed E-state index contributed by atoms with van der Waals surface area (Å²) in [6.07, 6.45) is -1.14. The van der Waals surface area contributed by atoms with Crippen molar-refractivity contribution in [2.75, 3.05) is 6.61 Å². The van der Waals surface area contributed by atoms with Gasteiger partial charge in [-0.3, -0.25) is 0 Å². The average molecular weight is 196 g/mol. The average Bonchev–Trinajstić information content (AvgIpc) is 2.18. The number of aliphatic hydroxyl groups is 2. The molecule has 3 heteroatoms. The molecule has 1 aromatic rings. The lowest BCUT2D eigenvalue weighted by atomic mass is 10.0. The molecular weight excluding hydrogens is 180 g/mol. The molecular formula is C11H16O3. The van der Waals surface area contributed by atoms with Gasteiger partial charge in [0.05, 0.1) is 0 Å². The van der Waals surface area contributed by atoms with Gasteiger partial charge in [0.15, 0.2) is 0 Å². The summed E-state index contributed by atoms with van der Waals surface area (Å²) in [7, 11) is 0. The van der Waals surface area contributed by atoms with Gasteiger partial charge in [-0.05, 0) is 23.6 Å². The molecule has 0 aliphatic carbocycles. The molecule has 1 aromatic carbocycles. The lowest BCUT2D eigenvalue weighted by Gasteiger charge is -2.11. The molecule has 0 amide bonds. The van der Waals surface area contributed by atoms with Crippen molar-refractivity contribution in [1.29, 1.82) is 0 Å². The number of hydrogen-bond donors (Lipinski definition) is 2. The molecule has 1 unspecified atom stereocenters. The van der Waals surface area contributed by atoms with Crippen molar-refractivity contribution in [3.8, 4) is 5.75 Å². The summed E-state index contributed by atoms with van der Waals surface area (Å²) >= 11 is 0. The molecule has 78 valence electrons. The minimum absolute atomic E-state index is 0.397. The van der Waals surface area contributed by atoms with Gasteiger partial charge in [-0.25, -0.2) is 0 Å². The van der Waals surface area contributed by atoms with E-state index in [2.05, 4.69) is 13.8 Å². The Morgan fingerprint density at radius 1 is 1.21 bits per heavy atom. The Hall–Kier alpha value is -1.06. The van der Waals surface area contributed by atoms with Gasteiger partial charge in [-0.1, -0.05) is 26.0 Å². The first kappa shape index (κ1) is 11.0. The third-order valence-electron chi connectivity index (χ3n) is 1.98. The van der Waals surface area contributed by atoms with Crippen LogP contribution in [0.2, 0.25) is 0 Å². The Labute approximate surface area is 84.0 Å². The molecule has 1 rings (SSSR count). The van der Waals surface area contributed by atoms with Gasteiger partial charge in [-0.15, -0.1) is 0 Å². The first-order valence-corrected chi connectivity index (χ1v) is 4.69. The minimum atomic E-state index is -1.14. The van der Waals surface area contributed by atoms with Gasteiger partial charge in [0.25, 0.3) is 0 Å². The Morgan fingerprint density at radius 3 is 2.21 bits per heavy atom. The molecule has 0 saturated heterocycles. The van der Waals surface area contributed by atoms with Crippen LogP contribution in [0.25, 0.3) is 0 Å². The van der Waals surface area contributed by atoms with Gasteiger partial charge in [0.2, 0.25) is 6.29 Å². The maximum atomic E-state index is 9.02. The summed E-state index contributed by atoms with van der Waals surface area (Å²) in [5, 5.41) is 17.6. The van der Waals surface area contributed by atoms with Crippen molar-refractivity contribution in [3.05, 3.63) is 29.8 Å². The van der Waals surface area contributed by atoms with Crippen LogP contribution in [0.3, 0.4) is 0 Å². The van der Waals surface area contributed by atoms with Crippen LogP contribution < -0.4 is 4.74 Å². The second kappa shape index (κ2) is 4.98. The lowest BCUT2D eigenvalue weighted by molar-refractivity contribution is -0.0548. The van der Waals surface area contributed by atoms with E-state index in [0.717, 1.165) is 0 Å². The number of rotatable bonds is 4. The molecule has 0 spiro atoms. The highest BCUT2D eigenvalue weighted by Gasteiger charge is 2.04. The monoisotopic (exact) mass is 196 g/mol. The fraction of sp³-hybridized carbons (Fsp3) is 0.455. The summed E-state index contributed by atoms with van der Waals surface area (Å²) in [4.78, 5) is 0. The zero-order valence-electron chi connectivity index (χ0n) is 8.47. The van der Waals surface area contributed by atoms with Crippen LogP contribution in [0, 0.1) is 0 Å². The summed E-state index contributed by atoms with van der Waals surface area (Å²) in [5.74, 6) is 1.04. The zero-order chi connectivity index (χ0) is 10.6. The number of aliphatic hydroxyl groups excluding tert-OH is 2. The van der Waals surface area contributed by atoms with E-state index in [4.69, 9.17) is 14.9 Å². The van der Waals surface area contributed by atoms with Crippen molar-refractivity contribution in [2.45, 2.75) is 26.1 Å². The van der Waals surface area contributed by atoms with Gasteiger partial charge in [0.1, 0.15) is 12.4 Å². The van der Waals surface area contributed by atoms with Gasteiger partial charge < -0.3 is 14.9 Å². The predicted molar refractivity (Wildman–Crippen MR) is 54.3 cm³/mol. The van der Waals surface area contributed by atoms with Crippen molar-refractivity contribution in [2.24, 2.45) is 0 Å². The smallest absolute Gasteiger partial charge is 0.220 e. The van der Waals surface area contributed by atoms with E-state index in [1.807, 2.05) is 12.1 Å². The van der Waals surface area contributed by atoms with E-state index in [0.29, 0.717) is 11.7 Å². The second-order valence-electron chi connectivity index (χ2n) is 3.48. The largest absolute Gasteiger partial charge is 0.463 e. The molecule has 0 saturated carbocycles. The van der Waals surface area contributed by atoms with E-state index in [9.17, 15) is 0 Å². The van der Waals surface area contributed by atoms with E-state index in [-0.39, 0.29) is 0 Å². The van der Waals surface area contributed by atoms with Crippen LogP contribution >= 0.6 is 0 Å². The van der Waals surface area contributed by atoms with E-state index >= 15 is 0 Å². The highest BCUT2D eigenvalue weighted by molar-refractivity contribution is 5.28. The third-order valence-corrected chi connectivity index (χ3v) is 1.98. The number of hydrogen-bond acceptors (Lipinski definition) is 3. The third kappa shape index (κ3) is 3.01. The Balaban J connectivity index is 2.64. The van der Waals surface area contributed by atoms with Crippen LogP contribution in [-0.4, -0.2) is 23.1 Å². The van der Waals surface area contributed by atoms with E-state index < -0.39 is 12.9 Å². The van der Waals surface area contributed by atoms with Gasteiger partial charge in [0, 0.05) is 0 Å². The van der Waals surface area contributed by atoms with E-state index in [1.54, 1.807) is 12.1 Å². The molecule has 0 bridgehead atoms.